The van der Waals surface area contributed by atoms with Gasteiger partial charge in [-0.1, -0.05) is 72.8 Å². The van der Waals surface area contributed by atoms with Crippen molar-refractivity contribution in [3.63, 3.8) is 0 Å². The van der Waals surface area contributed by atoms with Gasteiger partial charge in [0.1, 0.15) is 12.4 Å². The molecule has 0 unspecified atom stereocenters. The number of anilines is 1. The van der Waals surface area contributed by atoms with Gasteiger partial charge in [-0.25, -0.2) is 0 Å². The average molecular weight is 480 g/mol. The second-order valence-corrected chi connectivity index (χ2v) is 9.49. The zero-order valence-corrected chi connectivity index (χ0v) is 19.7. The third-order valence-electron chi connectivity index (χ3n) is 7.50. The van der Waals surface area contributed by atoms with Crippen molar-refractivity contribution >= 4 is 22.4 Å². The topological polar surface area (TPSA) is 93.5 Å². The lowest BCUT2D eigenvalue weighted by molar-refractivity contribution is -0.532. The minimum absolute atomic E-state index is 0.292. The highest BCUT2D eigenvalue weighted by Crippen LogP contribution is 2.49. The molecule has 1 amide bonds. The Labute approximate surface area is 208 Å². The maximum Gasteiger partial charge on any atom is 0.256 e. The van der Waals surface area contributed by atoms with Crippen molar-refractivity contribution in [2.24, 2.45) is 0 Å². The molecular weight excluding hydrogens is 454 g/mol. The van der Waals surface area contributed by atoms with E-state index >= 15 is 0 Å². The summed E-state index contributed by atoms with van der Waals surface area (Å²) >= 11 is 0. The van der Waals surface area contributed by atoms with Crippen LogP contribution in [0.15, 0.2) is 91.0 Å². The van der Waals surface area contributed by atoms with Crippen LogP contribution >= 0.6 is 0 Å². The lowest BCUT2D eigenvalue weighted by Crippen LogP contribution is -2.54. The molecule has 4 atom stereocenters. The molecule has 0 aromatic heterocycles. The summed E-state index contributed by atoms with van der Waals surface area (Å²) in [5, 5.41) is 20.9. The van der Waals surface area contributed by atoms with Crippen molar-refractivity contribution in [3.8, 4) is 5.75 Å². The third-order valence-corrected chi connectivity index (χ3v) is 7.50. The summed E-state index contributed by atoms with van der Waals surface area (Å²) in [6.07, 6.45) is 0. The van der Waals surface area contributed by atoms with E-state index in [1.807, 2.05) is 61.5 Å². The Bertz CT molecular complexity index is 1480. The minimum atomic E-state index is -1.41. The van der Waals surface area contributed by atoms with Gasteiger partial charge in [-0.3, -0.25) is 20.2 Å². The first-order valence-corrected chi connectivity index (χ1v) is 12.0. The number of fused-ring (bicyclic) bond motifs is 3. The second-order valence-electron chi connectivity index (χ2n) is 9.49. The monoisotopic (exact) mass is 479 g/mol. The van der Waals surface area contributed by atoms with Gasteiger partial charge in [0.15, 0.2) is 5.54 Å². The first-order chi connectivity index (χ1) is 17.5. The molecule has 4 aromatic rings. The van der Waals surface area contributed by atoms with Crippen molar-refractivity contribution < 1.29 is 14.5 Å². The number of nitrogens with one attached hydrogen (secondary N) is 2. The summed E-state index contributed by atoms with van der Waals surface area (Å²) < 4.78 is 6.06. The fourth-order valence-electron chi connectivity index (χ4n) is 5.92. The Balaban J connectivity index is 1.28. The highest BCUT2D eigenvalue weighted by molar-refractivity contribution is 6.07. The van der Waals surface area contributed by atoms with Gasteiger partial charge in [0.2, 0.25) is 0 Å². The van der Waals surface area contributed by atoms with E-state index in [9.17, 15) is 14.9 Å². The SMILES string of the molecule is C[C@@H]1N[C@]2(C(=O)Nc3ccccc32)[C@@H]([N+](=O)[O-])[C@@H]1c1ccc(OCc2cccc3ccccc23)cc1. The van der Waals surface area contributed by atoms with Gasteiger partial charge in [-0.2, -0.15) is 0 Å². The van der Waals surface area contributed by atoms with E-state index in [2.05, 4.69) is 28.8 Å². The average Bonchev–Trinajstić information content (AvgIpc) is 3.36. The normalized spacial score (nSPS) is 24.6. The summed E-state index contributed by atoms with van der Waals surface area (Å²) in [7, 11) is 0. The Kier molecular flexibility index (Phi) is 5.23. The van der Waals surface area contributed by atoms with Crippen LogP contribution < -0.4 is 15.4 Å². The number of nitro groups is 1. The number of amides is 1. The van der Waals surface area contributed by atoms with Crippen LogP contribution in [0.2, 0.25) is 0 Å². The maximum atomic E-state index is 13.2. The zero-order valence-electron chi connectivity index (χ0n) is 19.7. The fourth-order valence-corrected chi connectivity index (χ4v) is 5.92. The Morgan fingerprint density at radius 1 is 0.944 bits per heavy atom. The van der Waals surface area contributed by atoms with Crippen molar-refractivity contribution in [3.05, 3.63) is 118 Å². The van der Waals surface area contributed by atoms with Gasteiger partial charge in [0.05, 0.1) is 5.92 Å². The quantitative estimate of drug-likeness (QED) is 0.311. The van der Waals surface area contributed by atoms with Crippen molar-refractivity contribution in [2.45, 2.75) is 37.1 Å². The molecule has 1 saturated heterocycles. The molecule has 7 nitrogen and oxygen atoms in total. The lowest BCUT2D eigenvalue weighted by atomic mass is 9.78. The van der Waals surface area contributed by atoms with Gasteiger partial charge < -0.3 is 10.1 Å². The van der Waals surface area contributed by atoms with Crippen LogP contribution in [0.4, 0.5) is 5.69 Å². The first-order valence-electron chi connectivity index (χ1n) is 12.0. The summed E-state index contributed by atoms with van der Waals surface area (Å²) in [6, 6.07) is 27.5. The molecule has 0 bridgehead atoms. The number of nitrogens with zero attached hydrogens (tertiary/aromatic N) is 1. The van der Waals surface area contributed by atoms with E-state index in [-0.39, 0.29) is 16.9 Å². The molecule has 7 heteroatoms. The predicted octanol–water partition coefficient (Wildman–Crippen LogP) is 4.99. The number of para-hydroxylation sites is 1. The zero-order chi connectivity index (χ0) is 24.9. The Hall–Kier alpha value is -4.23. The van der Waals surface area contributed by atoms with Crippen LogP contribution in [-0.4, -0.2) is 22.9 Å². The fraction of sp³-hybridized carbons (Fsp3) is 0.207. The molecule has 2 heterocycles. The number of benzene rings is 4. The molecule has 1 spiro atoms. The van der Waals surface area contributed by atoms with Crippen LogP contribution in [-0.2, 0) is 16.9 Å². The van der Waals surface area contributed by atoms with E-state index in [0.29, 0.717) is 23.6 Å². The molecule has 0 radical (unpaired) electrons. The van der Waals surface area contributed by atoms with E-state index in [1.165, 1.54) is 0 Å². The molecule has 180 valence electrons. The van der Waals surface area contributed by atoms with Crippen molar-refractivity contribution in [1.29, 1.82) is 0 Å². The molecule has 6 rings (SSSR count). The molecule has 0 saturated carbocycles. The van der Waals surface area contributed by atoms with E-state index < -0.39 is 17.5 Å². The molecule has 2 aliphatic heterocycles. The third kappa shape index (κ3) is 3.35. The summed E-state index contributed by atoms with van der Waals surface area (Å²) in [4.78, 5) is 25.3. The van der Waals surface area contributed by atoms with Crippen LogP contribution in [0, 0.1) is 10.1 Å². The van der Waals surface area contributed by atoms with Gasteiger partial charge >= 0.3 is 0 Å². The number of hydrogen-bond donors (Lipinski definition) is 2. The smallest absolute Gasteiger partial charge is 0.256 e. The summed E-state index contributed by atoms with van der Waals surface area (Å²) in [5.74, 6) is -0.194. The molecule has 2 aliphatic rings. The highest BCUT2D eigenvalue weighted by Gasteiger charge is 2.67. The molecule has 4 aromatic carbocycles. The van der Waals surface area contributed by atoms with Crippen LogP contribution in [0.25, 0.3) is 10.8 Å². The standard InChI is InChI=1S/C29H25N3O4/c1-18-26(27(32(34)35)29(31-18)24-11-4-5-12-25(24)30-28(29)33)20-13-15-22(16-14-20)36-17-21-9-6-8-19-7-2-3-10-23(19)21/h2-16,18,26-27,31H,17H2,1H3,(H,30,33)/t18-,26-,27-,29-/m0/s1. The second kappa shape index (κ2) is 8.46. The molecule has 36 heavy (non-hydrogen) atoms. The highest BCUT2D eigenvalue weighted by atomic mass is 16.6. The molecule has 0 aliphatic carbocycles. The van der Waals surface area contributed by atoms with Gasteiger partial charge in [0.25, 0.3) is 11.9 Å². The van der Waals surface area contributed by atoms with Crippen molar-refractivity contribution in [2.75, 3.05) is 5.32 Å². The van der Waals surface area contributed by atoms with Gasteiger partial charge in [-0.05, 0) is 47.0 Å². The summed E-state index contributed by atoms with van der Waals surface area (Å²) in [5.41, 5.74) is 1.72. The van der Waals surface area contributed by atoms with E-state index in [4.69, 9.17) is 4.74 Å². The number of carbonyl (C=O) groups is 1. The minimum Gasteiger partial charge on any atom is -0.489 e. The van der Waals surface area contributed by atoms with E-state index in [1.54, 1.807) is 18.2 Å². The molecular formula is C29H25N3O4. The van der Waals surface area contributed by atoms with Crippen LogP contribution in [0.1, 0.15) is 29.5 Å². The van der Waals surface area contributed by atoms with Gasteiger partial charge in [-0.15, -0.1) is 0 Å². The first kappa shape index (κ1) is 22.2. The Morgan fingerprint density at radius 3 is 2.47 bits per heavy atom. The largest absolute Gasteiger partial charge is 0.489 e. The van der Waals surface area contributed by atoms with Crippen LogP contribution in [0.3, 0.4) is 0 Å². The van der Waals surface area contributed by atoms with Crippen LogP contribution in [0.5, 0.6) is 5.75 Å². The van der Waals surface area contributed by atoms with E-state index in [0.717, 1.165) is 21.9 Å². The Morgan fingerprint density at radius 2 is 1.67 bits per heavy atom. The maximum absolute atomic E-state index is 13.2. The van der Waals surface area contributed by atoms with Crippen molar-refractivity contribution in [1.82, 2.24) is 5.32 Å². The molecule has 2 N–H and O–H groups in total. The number of rotatable bonds is 5. The van der Waals surface area contributed by atoms with Gasteiger partial charge in [0, 0.05) is 22.2 Å². The summed E-state index contributed by atoms with van der Waals surface area (Å²) in [6.45, 7) is 2.31. The predicted molar refractivity (Wildman–Crippen MR) is 138 cm³/mol. The lowest BCUT2D eigenvalue weighted by Gasteiger charge is -2.25. The number of hydrogen-bond acceptors (Lipinski definition) is 5. The molecule has 1 fully saturated rings. The number of ether oxygens (including phenoxy) is 1. The number of carbonyl (C=O) groups excluding carboxylic acids is 1.